The number of fused-ring (bicyclic) bond motifs is 1. The molecule has 3 aliphatic rings. The van der Waals surface area contributed by atoms with Crippen LogP contribution in [0.15, 0.2) is 24.3 Å². The lowest BCUT2D eigenvalue weighted by Crippen LogP contribution is -2.37. The first kappa shape index (κ1) is 10.9. The minimum Gasteiger partial charge on any atom is -0.348 e. The van der Waals surface area contributed by atoms with E-state index >= 15 is 0 Å². The number of benzene rings is 1. The molecule has 3 heteroatoms. The van der Waals surface area contributed by atoms with Gasteiger partial charge in [-0.3, -0.25) is 0 Å². The maximum absolute atomic E-state index is 13.4. The molecule has 0 N–H and O–H groups in total. The summed E-state index contributed by atoms with van der Waals surface area (Å²) in [7, 11) is 0. The van der Waals surface area contributed by atoms with E-state index < -0.39 is 0 Å². The van der Waals surface area contributed by atoms with Crippen LogP contribution >= 0.6 is 0 Å². The Bertz CT molecular complexity index is 481. The predicted octanol–water partition coefficient (Wildman–Crippen LogP) is 3.01. The van der Waals surface area contributed by atoms with E-state index in [9.17, 15) is 4.39 Å². The van der Waals surface area contributed by atoms with Gasteiger partial charge >= 0.3 is 0 Å². The molecule has 0 bridgehead atoms. The van der Waals surface area contributed by atoms with Gasteiger partial charge in [0, 0.05) is 12.8 Å². The lowest BCUT2D eigenvalue weighted by molar-refractivity contribution is -0.180. The summed E-state index contributed by atoms with van der Waals surface area (Å²) < 4.78 is 24.9. The molecule has 0 amide bonds. The van der Waals surface area contributed by atoms with Crippen molar-refractivity contribution in [1.29, 1.82) is 0 Å². The third-order valence-corrected chi connectivity index (χ3v) is 4.95. The Hall–Kier alpha value is -0.930. The average molecular weight is 248 g/mol. The van der Waals surface area contributed by atoms with Crippen molar-refractivity contribution >= 4 is 0 Å². The van der Waals surface area contributed by atoms with E-state index in [1.54, 1.807) is 6.07 Å². The van der Waals surface area contributed by atoms with E-state index in [-0.39, 0.29) is 17.0 Å². The predicted molar refractivity (Wildman–Crippen MR) is 64.7 cm³/mol. The smallest absolute Gasteiger partial charge is 0.168 e. The number of hydrogen-bond acceptors (Lipinski definition) is 2. The average Bonchev–Trinajstić information content (AvgIpc) is 2.93. The number of rotatable bonds is 1. The Morgan fingerprint density at radius 1 is 1.11 bits per heavy atom. The monoisotopic (exact) mass is 248 g/mol. The van der Waals surface area contributed by atoms with Gasteiger partial charge in [-0.1, -0.05) is 12.1 Å². The third-order valence-electron chi connectivity index (χ3n) is 4.95. The maximum atomic E-state index is 13.4. The van der Waals surface area contributed by atoms with Gasteiger partial charge in [-0.15, -0.1) is 0 Å². The Balaban J connectivity index is 1.59. The fourth-order valence-electron chi connectivity index (χ4n) is 3.90. The quantitative estimate of drug-likeness (QED) is 0.760. The summed E-state index contributed by atoms with van der Waals surface area (Å²) in [5, 5.41) is 0. The van der Waals surface area contributed by atoms with Crippen LogP contribution in [0.4, 0.5) is 4.39 Å². The first-order valence-corrected chi connectivity index (χ1v) is 6.77. The zero-order valence-electron chi connectivity index (χ0n) is 10.3. The highest BCUT2D eigenvalue weighted by atomic mass is 19.1. The van der Waals surface area contributed by atoms with E-state index in [0.29, 0.717) is 5.92 Å². The van der Waals surface area contributed by atoms with Crippen molar-refractivity contribution in [3.05, 3.63) is 35.6 Å². The van der Waals surface area contributed by atoms with Gasteiger partial charge in [0.2, 0.25) is 0 Å². The highest BCUT2D eigenvalue weighted by Gasteiger charge is 2.62. The second-order valence-electron chi connectivity index (χ2n) is 5.88. The second-order valence-corrected chi connectivity index (χ2v) is 5.88. The van der Waals surface area contributed by atoms with Crippen LogP contribution in [0.3, 0.4) is 0 Å². The molecule has 1 aromatic carbocycles. The molecular weight excluding hydrogens is 231 g/mol. The summed E-state index contributed by atoms with van der Waals surface area (Å²) in [4.78, 5) is 0. The molecule has 2 nitrogen and oxygen atoms in total. The Morgan fingerprint density at radius 2 is 1.94 bits per heavy atom. The van der Waals surface area contributed by atoms with E-state index in [0.717, 1.165) is 38.9 Å². The molecule has 96 valence electrons. The molecule has 3 fully saturated rings. The molecule has 1 heterocycles. The topological polar surface area (TPSA) is 18.5 Å². The summed E-state index contributed by atoms with van der Waals surface area (Å²) in [6.45, 7) is 1.44. The van der Waals surface area contributed by atoms with Crippen molar-refractivity contribution in [1.82, 2.24) is 0 Å². The second kappa shape index (κ2) is 3.55. The van der Waals surface area contributed by atoms with Crippen LogP contribution in [0.2, 0.25) is 0 Å². The van der Waals surface area contributed by atoms with Gasteiger partial charge in [0.1, 0.15) is 5.82 Å². The van der Waals surface area contributed by atoms with Crippen LogP contribution in [0.1, 0.15) is 31.2 Å². The van der Waals surface area contributed by atoms with E-state index in [2.05, 4.69) is 6.07 Å². The zero-order chi connectivity index (χ0) is 12.2. The van der Waals surface area contributed by atoms with Crippen LogP contribution in [-0.4, -0.2) is 19.0 Å². The maximum Gasteiger partial charge on any atom is 0.168 e. The fraction of sp³-hybridized carbons (Fsp3) is 0.600. The molecule has 1 saturated heterocycles. The van der Waals surface area contributed by atoms with Gasteiger partial charge in [0.05, 0.1) is 13.2 Å². The van der Waals surface area contributed by atoms with E-state index in [1.165, 1.54) is 11.6 Å². The Labute approximate surface area is 106 Å². The first-order valence-electron chi connectivity index (χ1n) is 6.77. The van der Waals surface area contributed by atoms with E-state index in [1.807, 2.05) is 6.07 Å². The minimum absolute atomic E-state index is 0.124. The van der Waals surface area contributed by atoms with Crippen molar-refractivity contribution in [3.8, 4) is 0 Å². The largest absolute Gasteiger partial charge is 0.348 e. The molecule has 2 unspecified atom stereocenters. The Morgan fingerprint density at radius 3 is 2.67 bits per heavy atom. The molecule has 2 saturated carbocycles. The lowest BCUT2D eigenvalue weighted by atomic mass is 9.80. The van der Waals surface area contributed by atoms with Crippen LogP contribution < -0.4 is 0 Å². The fourth-order valence-corrected chi connectivity index (χ4v) is 3.90. The van der Waals surface area contributed by atoms with E-state index in [4.69, 9.17) is 9.47 Å². The number of halogens is 1. The minimum atomic E-state index is -0.308. The molecule has 1 aliphatic heterocycles. The molecule has 1 aromatic rings. The zero-order valence-corrected chi connectivity index (χ0v) is 10.3. The summed E-state index contributed by atoms with van der Waals surface area (Å²) in [5.74, 6) is 0.171. The van der Waals surface area contributed by atoms with Crippen molar-refractivity contribution < 1.29 is 13.9 Å². The summed E-state index contributed by atoms with van der Waals surface area (Å²) in [6, 6.07) is 7.11. The van der Waals surface area contributed by atoms with Gasteiger partial charge in [-0.25, -0.2) is 4.39 Å². The van der Waals surface area contributed by atoms with Crippen LogP contribution in [0, 0.1) is 11.7 Å². The van der Waals surface area contributed by atoms with Gasteiger partial charge in [0.25, 0.3) is 0 Å². The van der Waals surface area contributed by atoms with Gasteiger partial charge in [-0.05, 0) is 41.9 Å². The van der Waals surface area contributed by atoms with Crippen molar-refractivity contribution in [2.75, 3.05) is 13.2 Å². The number of ether oxygens (including phenoxy) is 2. The summed E-state index contributed by atoms with van der Waals surface area (Å²) in [5.41, 5.74) is 1.38. The van der Waals surface area contributed by atoms with Crippen LogP contribution in [0.25, 0.3) is 0 Å². The normalized spacial score (nSPS) is 36.6. The van der Waals surface area contributed by atoms with Crippen LogP contribution in [-0.2, 0) is 14.9 Å². The highest BCUT2D eigenvalue weighted by molar-refractivity contribution is 5.35. The molecule has 1 spiro atoms. The molecule has 2 atom stereocenters. The standard InChI is InChI=1S/C15H17FO2/c16-13-3-1-2-11(8-13)14-4-5-15(10-12(14)9-14)17-6-7-18-15/h1-3,8,12H,4-7,9-10H2. The first-order chi connectivity index (χ1) is 8.73. The van der Waals surface area contributed by atoms with Crippen molar-refractivity contribution in [2.45, 2.75) is 36.9 Å². The molecule has 18 heavy (non-hydrogen) atoms. The molecular formula is C15H17FO2. The third kappa shape index (κ3) is 1.47. The van der Waals surface area contributed by atoms with Crippen molar-refractivity contribution in [3.63, 3.8) is 0 Å². The highest BCUT2D eigenvalue weighted by Crippen LogP contribution is 2.65. The molecule has 4 rings (SSSR count). The molecule has 0 aromatic heterocycles. The number of hydrogen-bond donors (Lipinski definition) is 0. The molecule has 0 radical (unpaired) electrons. The SMILES string of the molecule is Fc1cccc(C23CCC4(CC2C3)OCCO4)c1. The van der Waals surface area contributed by atoms with Crippen LogP contribution in [0.5, 0.6) is 0 Å². The molecule has 2 aliphatic carbocycles. The van der Waals surface area contributed by atoms with Gasteiger partial charge < -0.3 is 9.47 Å². The lowest BCUT2D eigenvalue weighted by Gasteiger charge is -2.35. The van der Waals surface area contributed by atoms with Gasteiger partial charge in [0.15, 0.2) is 5.79 Å². The summed E-state index contributed by atoms with van der Waals surface area (Å²) in [6.07, 6.45) is 4.13. The Kier molecular flexibility index (Phi) is 2.16. The van der Waals surface area contributed by atoms with Crippen molar-refractivity contribution in [2.24, 2.45) is 5.92 Å². The summed E-state index contributed by atoms with van der Waals surface area (Å²) >= 11 is 0. The van der Waals surface area contributed by atoms with Gasteiger partial charge in [-0.2, -0.15) is 0 Å².